The molecule has 27 heavy (non-hydrogen) atoms. The third kappa shape index (κ3) is 4.71. The van der Waals surface area contributed by atoms with Crippen LogP contribution in [0, 0.1) is 13.8 Å². The molecule has 0 radical (unpaired) electrons. The molecule has 138 valence electrons. The molecular weight excluding hydrogens is 362 g/mol. The summed E-state index contributed by atoms with van der Waals surface area (Å²) >= 11 is 1.35. The lowest BCUT2D eigenvalue weighted by Gasteiger charge is -2.06. The number of thiazole rings is 1. The van der Waals surface area contributed by atoms with Gasteiger partial charge in [0.05, 0.1) is 5.69 Å². The summed E-state index contributed by atoms with van der Waals surface area (Å²) in [6.45, 7) is 3.92. The molecule has 0 spiro atoms. The first-order valence-corrected chi connectivity index (χ1v) is 9.16. The fourth-order valence-corrected chi connectivity index (χ4v) is 3.14. The van der Waals surface area contributed by atoms with Crippen molar-refractivity contribution in [2.45, 2.75) is 13.8 Å². The first-order valence-electron chi connectivity index (χ1n) is 8.28. The van der Waals surface area contributed by atoms with Crippen molar-refractivity contribution in [2.75, 3.05) is 11.9 Å². The minimum atomic E-state index is -0.549. The standard InChI is InChI=1S/C20H19N3O3S/c1-12-6-7-14(8-13(12)2)17-11-27-20(22-17)23-18(24)10-26-16-5-3-4-15(9-16)19(21)25/h3-9,11H,10H2,1-2H3,(H2,21,25)(H,22,23,24). The van der Waals surface area contributed by atoms with Crippen molar-refractivity contribution in [3.63, 3.8) is 0 Å². The number of rotatable bonds is 6. The van der Waals surface area contributed by atoms with Crippen LogP contribution < -0.4 is 15.8 Å². The Bertz CT molecular complexity index is 998. The Labute approximate surface area is 161 Å². The molecule has 6 nitrogen and oxygen atoms in total. The number of carbonyl (C=O) groups excluding carboxylic acids is 2. The average molecular weight is 381 g/mol. The number of nitrogens with zero attached hydrogens (tertiary/aromatic N) is 1. The molecule has 0 aliphatic heterocycles. The van der Waals surface area contributed by atoms with Gasteiger partial charge in [0.25, 0.3) is 5.91 Å². The molecule has 1 aromatic heterocycles. The number of nitrogens with two attached hydrogens (primary N) is 1. The Morgan fingerprint density at radius 2 is 1.96 bits per heavy atom. The fourth-order valence-electron chi connectivity index (χ4n) is 2.41. The van der Waals surface area contributed by atoms with E-state index < -0.39 is 5.91 Å². The molecule has 0 fully saturated rings. The van der Waals surface area contributed by atoms with Crippen molar-refractivity contribution in [1.82, 2.24) is 4.98 Å². The molecule has 0 saturated carbocycles. The van der Waals surface area contributed by atoms with Gasteiger partial charge in [-0.3, -0.25) is 14.9 Å². The normalized spacial score (nSPS) is 10.4. The lowest BCUT2D eigenvalue weighted by Crippen LogP contribution is -2.20. The summed E-state index contributed by atoms with van der Waals surface area (Å²) in [5.74, 6) is -0.483. The van der Waals surface area contributed by atoms with Gasteiger partial charge in [-0.25, -0.2) is 4.98 Å². The molecule has 0 unspecified atom stereocenters. The lowest BCUT2D eigenvalue weighted by molar-refractivity contribution is -0.118. The highest BCUT2D eigenvalue weighted by molar-refractivity contribution is 7.14. The predicted octanol–water partition coefficient (Wildman–Crippen LogP) is 3.54. The number of primary amides is 1. The maximum atomic E-state index is 12.1. The lowest BCUT2D eigenvalue weighted by atomic mass is 10.1. The van der Waals surface area contributed by atoms with Gasteiger partial charge in [0.1, 0.15) is 5.75 Å². The number of aryl methyl sites for hydroxylation is 2. The number of anilines is 1. The van der Waals surface area contributed by atoms with E-state index in [0.29, 0.717) is 16.4 Å². The van der Waals surface area contributed by atoms with E-state index in [1.165, 1.54) is 28.5 Å². The summed E-state index contributed by atoms with van der Waals surface area (Å²) in [7, 11) is 0. The highest BCUT2D eigenvalue weighted by atomic mass is 32.1. The van der Waals surface area contributed by atoms with Crippen LogP contribution in [-0.2, 0) is 4.79 Å². The SMILES string of the molecule is Cc1ccc(-c2csc(NC(=O)COc3cccc(C(N)=O)c3)n2)cc1C. The van der Waals surface area contributed by atoms with E-state index in [2.05, 4.69) is 36.3 Å². The Balaban J connectivity index is 1.60. The van der Waals surface area contributed by atoms with Crippen LogP contribution >= 0.6 is 11.3 Å². The Morgan fingerprint density at radius 1 is 1.15 bits per heavy atom. The highest BCUT2D eigenvalue weighted by Crippen LogP contribution is 2.26. The smallest absolute Gasteiger partial charge is 0.264 e. The molecule has 2 aromatic carbocycles. The molecule has 0 atom stereocenters. The zero-order chi connectivity index (χ0) is 19.4. The van der Waals surface area contributed by atoms with Gasteiger partial charge in [0.15, 0.2) is 11.7 Å². The number of carbonyl (C=O) groups is 2. The van der Waals surface area contributed by atoms with Gasteiger partial charge in [-0.15, -0.1) is 11.3 Å². The van der Waals surface area contributed by atoms with Crippen LogP contribution in [0.1, 0.15) is 21.5 Å². The van der Waals surface area contributed by atoms with Crippen LogP contribution in [0.15, 0.2) is 47.8 Å². The Kier molecular flexibility index (Phi) is 5.52. The second-order valence-corrected chi connectivity index (χ2v) is 6.92. The number of aromatic nitrogens is 1. The van der Waals surface area contributed by atoms with Gasteiger partial charge < -0.3 is 10.5 Å². The first kappa shape index (κ1) is 18.6. The van der Waals surface area contributed by atoms with Crippen LogP contribution in [0.2, 0.25) is 0 Å². The van der Waals surface area contributed by atoms with Crippen molar-refractivity contribution in [2.24, 2.45) is 5.73 Å². The number of ether oxygens (including phenoxy) is 1. The maximum Gasteiger partial charge on any atom is 0.264 e. The third-order valence-electron chi connectivity index (χ3n) is 4.04. The van der Waals surface area contributed by atoms with E-state index in [-0.39, 0.29) is 12.5 Å². The molecule has 7 heteroatoms. The minimum Gasteiger partial charge on any atom is -0.484 e. The van der Waals surface area contributed by atoms with E-state index in [1.54, 1.807) is 18.2 Å². The van der Waals surface area contributed by atoms with Crippen molar-refractivity contribution in [3.8, 4) is 17.0 Å². The number of amides is 2. The fraction of sp³-hybridized carbons (Fsp3) is 0.150. The molecular formula is C20H19N3O3S. The molecule has 3 N–H and O–H groups in total. The topological polar surface area (TPSA) is 94.3 Å². The third-order valence-corrected chi connectivity index (χ3v) is 4.80. The summed E-state index contributed by atoms with van der Waals surface area (Å²) in [6, 6.07) is 12.5. The minimum absolute atomic E-state index is 0.194. The number of benzene rings is 2. The zero-order valence-corrected chi connectivity index (χ0v) is 15.8. The monoisotopic (exact) mass is 381 g/mol. The van der Waals surface area contributed by atoms with Crippen LogP contribution in [0.4, 0.5) is 5.13 Å². The zero-order valence-electron chi connectivity index (χ0n) is 15.0. The van der Waals surface area contributed by atoms with Crippen LogP contribution in [0.25, 0.3) is 11.3 Å². The molecule has 0 bridgehead atoms. The number of hydrogen-bond donors (Lipinski definition) is 2. The number of nitrogens with one attached hydrogen (secondary N) is 1. The van der Waals surface area contributed by atoms with Gasteiger partial charge in [-0.1, -0.05) is 18.2 Å². The number of hydrogen-bond acceptors (Lipinski definition) is 5. The van der Waals surface area contributed by atoms with E-state index >= 15 is 0 Å². The molecule has 0 aliphatic rings. The van der Waals surface area contributed by atoms with Gasteiger partial charge in [-0.05, 0) is 49.2 Å². The second kappa shape index (κ2) is 8.01. The van der Waals surface area contributed by atoms with Crippen molar-refractivity contribution in [1.29, 1.82) is 0 Å². The van der Waals surface area contributed by atoms with E-state index in [0.717, 1.165) is 11.3 Å². The van der Waals surface area contributed by atoms with Crippen LogP contribution in [0.5, 0.6) is 5.75 Å². The quantitative estimate of drug-likeness (QED) is 0.683. The van der Waals surface area contributed by atoms with E-state index in [4.69, 9.17) is 10.5 Å². The van der Waals surface area contributed by atoms with Gasteiger partial charge in [0.2, 0.25) is 5.91 Å². The van der Waals surface area contributed by atoms with E-state index in [9.17, 15) is 9.59 Å². The van der Waals surface area contributed by atoms with Crippen LogP contribution in [-0.4, -0.2) is 23.4 Å². The molecule has 0 saturated heterocycles. The summed E-state index contributed by atoms with van der Waals surface area (Å²) in [6.07, 6.45) is 0. The summed E-state index contributed by atoms with van der Waals surface area (Å²) in [4.78, 5) is 27.7. The maximum absolute atomic E-state index is 12.1. The van der Waals surface area contributed by atoms with Crippen molar-refractivity contribution >= 4 is 28.3 Å². The molecule has 3 aromatic rings. The highest BCUT2D eigenvalue weighted by Gasteiger charge is 2.10. The van der Waals surface area contributed by atoms with Crippen molar-refractivity contribution in [3.05, 3.63) is 64.5 Å². The Hall–Kier alpha value is -3.19. The van der Waals surface area contributed by atoms with E-state index in [1.807, 2.05) is 11.4 Å². The molecule has 3 rings (SSSR count). The molecule has 1 heterocycles. The van der Waals surface area contributed by atoms with Gasteiger partial charge in [0, 0.05) is 16.5 Å². The van der Waals surface area contributed by atoms with Crippen LogP contribution in [0.3, 0.4) is 0 Å². The van der Waals surface area contributed by atoms with Crippen molar-refractivity contribution < 1.29 is 14.3 Å². The Morgan fingerprint density at radius 3 is 2.70 bits per heavy atom. The second-order valence-electron chi connectivity index (χ2n) is 6.07. The summed E-state index contributed by atoms with van der Waals surface area (Å²) in [5.41, 5.74) is 9.79. The first-order chi connectivity index (χ1) is 12.9. The predicted molar refractivity (Wildman–Crippen MR) is 106 cm³/mol. The average Bonchev–Trinajstić information content (AvgIpc) is 3.11. The summed E-state index contributed by atoms with van der Waals surface area (Å²) < 4.78 is 5.41. The van der Waals surface area contributed by atoms with Gasteiger partial charge >= 0.3 is 0 Å². The molecule has 2 amide bonds. The van der Waals surface area contributed by atoms with Gasteiger partial charge in [-0.2, -0.15) is 0 Å². The largest absolute Gasteiger partial charge is 0.484 e. The summed E-state index contributed by atoms with van der Waals surface area (Å²) in [5, 5.41) is 5.12. The molecule has 0 aliphatic carbocycles.